The van der Waals surface area contributed by atoms with Crippen molar-refractivity contribution in [2.75, 3.05) is 6.61 Å². The van der Waals surface area contributed by atoms with E-state index >= 15 is 0 Å². The van der Waals surface area contributed by atoms with Gasteiger partial charge in [-0.1, -0.05) is 48.1 Å². The van der Waals surface area contributed by atoms with E-state index in [1.807, 2.05) is 24.3 Å². The summed E-state index contributed by atoms with van der Waals surface area (Å²) in [5.74, 6) is -2.79. The van der Waals surface area contributed by atoms with E-state index in [0.717, 1.165) is 0 Å². The van der Waals surface area contributed by atoms with Gasteiger partial charge in [0.05, 0.1) is 6.61 Å². The molecule has 0 heterocycles. The van der Waals surface area contributed by atoms with Crippen LogP contribution in [-0.4, -0.2) is 24.9 Å². The highest BCUT2D eigenvalue weighted by molar-refractivity contribution is 5.60. The standard InChI is InChI=1S/C16H18F2O2/c1-12(16(17,18)11-19)20-10-9-14-7-4-6-13-5-2-3-8-15(13)14/h2-8,11-13,15H,9-10H2,1H3. The number of carbonyl (C=O) groups is 1. The van der Waals surface area contributed by atoms with Crippen LogP contribution >= 0.6 is 0 Å². The lowest BCUT2D eigenvalue weighted by molar-refractivity contribution is -0.152. The van der Waals surface area contributed by atoms with Crippen molar-refractivity contribution >= 4 is 6.29 Å². The maximum absolute atomic E-state index is 13.0. The summed E-state index contributed by atoms with van der Waals surface area (Å²) in [4.78, 5) is 10.3. The van der Waals surface area contributed by atoms with E-state index in [1.165, 1.54) is 12.5 Å². The zero-order valence-corrected chi connectivity index (χ0v) is 11.3. The molecule has 0 amide bonds. The molecule has 3 unspecified atom stereocenters. The molecule has 0 fully saturated rings. The average Bonchev–Trinajstić information content (AvgIpc) is 2.47. The Morgan fingerprint density at radius 1 is 1.30 bits per heavy atom. The molecule has 0 aromatic rings. The highest BCUT2D eigenvalue weighted by atomic mass is 19.3. The van der Waals surface area contributed by atoms with Crippen LogP contribution in [0, 0.1) is 11.8 Å². The third-order valence-electron chi connectivity index (χ3n) is 3.71. The molecule has 0 saturated heterocycles. The van der Waals surface area contributed by atoms with Gasteiger partial charge in [0.15, 0.2) is 6.29 Å². The highest BCUT2D eigenvalue weighted by Crippen LogP contribution is 2.33. The van der Waals surface area contributed by atoms with Crippen molar-refractivity contribution in [2.24, 2.45) is 11.8 Å². The summed E-state index contributed by atoms with van der Waals surface area (Å²) in [6.07, 6.45) is 13.2. The molecule has 0 saturated carbocycles. The van der Waals surface area contributed by atoms with Crippen LogP contribution in [0.2, 0.25) is 0 Å². The van der Waals surface area contributed by atoms with Gasteiger partial charge >= 0.3 is 5.92 Å². The fraction of sp³-hybridized carbons (Fsp3) is 0.438. The van der Waals surface area contributed by atoms with Crippen LogP contribution in [0.1, 0.15) is 13.3 Å². The maximum atomic E-state index is 13.0. The molecule has 2 aliphatic rings. The molecule has 0 bridgehead atoms. The summed E-state index contributed by atoms with van der Waals surface area (Å²) in [5, 5.41) is 0. The molecule has 0 aromatic heterocycles. The molecular formula is C16H18F2O2. The first-order chi connectivity index (χ1) is 9.54. The summed E-state index contributed by atoms with van der Waals surface area (Å²) in [5.41, 5.74) is 1.17. The Labute approximate surface area is 117 Å². The molecular weight excluding hydrogens is 262 g/mol. The van der Waals surface area contributed by atoms with Crippen molar-refractivity contribution in [2.45, 2.75) is 25.4 Å². The van der Waals surface area contributed by atoms with Crippen molar-refractivity contribution in [3.05, 3.63) is 48.1 Å². The number of alkyl halides is 2. The number of ether oxygens (including phenoxy) is 1. The third-order valence-corrected chi connectivity index (χ3v) is 3.71. The summed E-state index contributed by atoms with van der Waals surface area (Å²) >= 11 is 0. The Hall–Kier alpha value is -1.55. The minimum Gasteiger partial charge on any atom is -0.371 e. The van der Waals surface area contributed by atoms with Crippen LogP contribution in [0.3, 0.4) is 0 Å². The van der Waals surface area contributed by atoms with Crippen LogP contribution in [-0.2, 0) is 9.53 Å². The van der Waals surface area contributed by atoms with Gasteiger partial charge in [-0.25, -0.2) is 0 Å². The second-order valence-corrected chi connectivity index (χ2v) is 5.05. The molecule has 4 heteroatoms. The van der Waals surface area contributed by atoms with Crippen LogP contribution in [0.5, 0.6) is 0 Å². The van der Waals surface area contributed by atoms with E-state index in [4.69, 9.17) is 4.74 Å². The first kappa shape index (κ1) is 14.9. The monoisotopic (exact) mass is 280 g/mol. The van der Waals surface area contributed by atoms with Gasteiger partial charge in [-0.2, -0.15) is 8.78 Å². The van der Waals surface area contributed by atoms with Gasteiger partial charge in [-0.3, -0.25) is 4.79 Å². The number of allylic oxidation sites excluding steroid dienone is 7. The zero-order valence-electron chi connectivity index (χ0n) is 11.3. The van der Waals surface area contributed by atoms with Crippen LogP contribution in [0.4, 0.5) is 8.78 Å². The normalized spacial score (nSPS) is 26.1. The molecule has 2 nitrogen and oxygen atoms in total. The number of halogens is 2. The molecule has 3 atom stereocenters. The predicted octanol–water partition coefficient (Wildman–Crippen LogP) is 3.47. The summed E-state index contributed by atoms with van der Waals surface area (Å²) < 4.78 is 31.2. The second kappa shape index (κ2) is 6.27. The molecule has 0 spiro atoms. The van der Waals surface area contributed by atoms with Gasteiger partial charge in [0.1, 0.15) is 6.10 Å². The van der Waals surface area contributed by atoms with Crippen LogP contribution in [0.25, 0.3) is 0 Å². The van der Waals surface area contributed by atoms with Gasteiger partial charge < -0.3 is 4.74 Å². The minimum absolute atomic E-state index is 0.186. The first-order valence-electron chi connectivity index (χ1n) is 6.72. The second-order valence-electron chi connectivity index (χ2n) is 5.05. The fourth-order valence-corrected chi connectivity index (χ4v) is 2.41. The Balaban J connectivity index is 1.87. The van der Waals surface area contributed by atoms with Gasteiger partial charge in [0.2, 0.25) is 0 Å². The maximum Gasteiger partial charge on any atom is 0.327 e. The molecule has 20 heavy (non-hydrogen) atoms. The van der Waals surface area contributed by atoms with Gasteiger partial charge in [-0.15, -0.1) is 0 Å². The number of fused-ring (bicyclic) bond motifs is 1. The predicted molar refractivity (Wildman–Crippen MR) is 73.5 cm³/mol. The Bertz CT molecular complexity index is 475. The van der Waals surface area contributed by atoms with E-state index in [2.05, 4.69) is 18.2 Å². The molecule has 2 rings (SSSR count). The third kappa shape index (κ3) is 3.31. The topological polar surface area (TPSA) is 26.3 Å². The number of aldehydes is 1. The Morgan fingerprint density at radius 2 is 2.00 bits per heavy atom. The van der Waals surface area contributed by atoms with Crippen molar-refractivity contribution in [1.82, 2.24) is 0 Å². The number of hydrogen-bond acceptors (Lipinski definition) is 2. The summed E-state index contributed by atoms with van der Waals surface area (Å²) in [6.45, 7) is 1.40. The molecule has 0 aromatic carbocycles. The fourth-order valence-electron chi connectivity index (χ4n) is 2.41. The van der Waals surface area contributed by atoms with E-state index in [-0.39, 0.29) is 18.8 Å². The lowest BCUT2D eigenvalue weighted by Gasteiger charge is -2.27. The zero-order chi connectivity index (χ0) is 14.6. The van der Waals surface area contributed by atoms with Crippen LogP contribution < -0.4 is 0 Å². The molecule has 0 aliphatic heterocycles. The average molecular weight is 280 g/mol. The first-order valence-corrected chi connectivity index (χ1v) is 6.72. The molecule has 108 valence electrons. The van der Waals surface area contributed by atoms with Gasteiger partial charge in [0.25, 0.3) is 0 Å². The van der Waals surface area contributed by atoms with Crippen molar-refractivity contribution in [3.8, 4) is 0 Å². The van der Waals surface area contributed by atoms with Crippen molar-refractivity contribution in [3.63, 3.8) is 0 Å². The molecule has 2 aliphatic carbocycles. The number of rotatable bonds is 6. The molecule has 0 radical (unpaired) electrons. The van der Waals surface area contributed by atoms with Gasteiger partial charge in [-0.05, 0) is 13.3 Å². The van der Waals surface area contributed by atoms with E-state index in [9.17, 15) is 13.6 Å². The van der Waals surface area contributed by atoms with Crippen molar-refractivity contribution < 1.29 is 18.3 Å². The van der Waals surface area contributed by atoms with E-state index in [1.54, 1.807) is 0 Å². The molecule has 0 N–H and O–H groups in total. The quantitative estimate of drug-likeness (QED) is 0.696. The largest absolute Gasteiger partial charge is 0.371 e. The lowest BCUT2D eigenvalue weighted by atomic mass is 9.78. The highest BCUT2D eigenvalue weighted by Gasteiger charge is 2.36. The lowest BCUT2D eigenvalue weighted by Crippen LogP contribution is -2.35. The summed E-state index contributed by atoms with van der Waals surface area (Å²) in [6, 6.07) is 0. The number of hydrogen-bond donors (Lipinski definition) is 0. The van der Waals surface area contributed by atoms with Gasteiger partial charge in [0, 0.05) is 11.8 Å². The smallest absolute Gasteiger partial charge is 0.327 e. The summed E-state index contributed by atoms with van der Waals surface area (Å²) in [7, 11) is 0. The SMILES string of the molecule is CC(OCCC1=CC=CC2C=CC=CC12)C(F)(F)C=O. The minimum atomic E-state index is -3.42. The van der Waals surface area contributed by atoms with Crippen LogP contribution in [0.15, 0.2) is 48.1 Å². The Morgan fingerprint density at radius 3 is 2.75 bits per heavy atom. The van der Waals surface area contributed by atoms with E-state index in [0.29, 0.717) is 12.3 Å². The number of carbonyl (C=O) groups excluding carboxylic acids is 1. The van der Waals surface area contributed by atoms with Crippen molar-refractivity contribution in [1.29, 1.82) is 0 Å². The Kier molecular flexibility index (Phi) is 4.65. The van der Waals surface area contributed by atoms with E-state index < -0.39 is 12.0 Å².